The number of fused-ring (bicyclic) bond motifs is 3. The molecule has 4 aromatic carbocycles. The van der Waals surface area contributed by atoms with Crippen molar-refractivity contribution in [1.82, 2.24) is 14.5 Å². The zero-order valence-electron chi connectivity index (χ0n) is 26.6. The molecule has 7 aromatic rings. The van der Waals surface area contributed by atoms with Gasteiger partial charge >= 0.3 is 21.1 Å². The fourth-order valence-electron chi connectivity index (χ4n) is 5.94. The number of rotatable bonds is 6. The molecule has 0 aliphatic heterocycles. The largest absolute Gasteiger partial charge is 2.00 e. The molecule has 0 spiro atoms. The van der Waals surface area contributed by atoms with E-state index in [2.05, 4.69) is 130 Å². The van der Waals surface area contributed by atoms with Crippen molar-refractivity contribution in [3.8, 4) is 28.6 Å². The van der Waals surface area contributed by atoms with E-state index < -0.39 is 0 Å². The average molecular weight is 781 g/mol. The average Bonchev–Trinajstić information content (AvgIpc) is 3.38. The summed E-state index contributed by atoms with van der Waals surface area (Å²) < 4.78 is 8.59. The molecule has 0 radical (unpaired) electrons. The van der Waals surface area contributed by atoms with Crippen molar-refractivity contribution in [2.24, 2.45) is 0 Å². The Labute approximate surface area is 285 Å². The van der Waals surface area contributed by atoms with Gasteiger partial charge in [-0.2, -0.15) is 6.07 Å². The van der Waals surface area contributed by atoms with E-state index in [1.807, 2.05) is 42.7 Å². The molecule has 0 N–H and O–H groups in total. The molecule has 0 amide bonds. The number of hydrogen-bond donors (Lipinski definition) is 0. The van der Waals surface area contributed by atoms with Gasteiger partial charge in [0, 0.05) is 34.8 Å². The number of para-hydroxylation sites is 1. The van der Waals surface area contributed by atoms with Gasteiger partial charge in [0.1, 0.15) is 5.82 Å². The van der Waals surface area contributed by atoms with E-state index in [1.54, 1.807) is 0 Å². The van der Waals surface area contributed by atoms with Crippen LogP contribution in [0.4, 0.5) is 0 Å². The molecule has 3 aromatic heterocycles. The summed E-state index contributed by atoms with van der Waals surface area (Å²) in [7, 11) is 0. The predicted molar refractivity (Wildman–Crippen MR) is 183 cm³/mol. The zero-order chi connectivity index (χ0) is 31.2. The minimum absolute atomic E-state index is 0. The molecule has 0 atom stereocenters. The number of pyridine rings is 2. The molecule has 46 heavy (non-hydrogen) atoms. The van der Waals surface area contributed by atoms with Crippen molar-refractivity contribution in [2.45, 2.75) is 45.4 Å². The van der Waals surface area contributed by atoms with Gasteiger partial charge in [-0.3, -0.25) is 0 Å². The van der Waals surface area contributed by atoms with Gasteiger partial charge in [0.15, 0.2) is 0 Å². The van der Waals surface area contributed by atoms with E-state index in [9.17, 15) is 0 Å². The fourth-order valence-corrected chi connectivity index (χ4v) is 5.94. The molecular formula is C41H35N3OPt. The van der Waals surface area contributed by atoms with Crippen LogP contribution in [0.5, 0.6) is 11.5 Å². The monoisotopic (exact) mass is 780 g/mol. The van der Waals surface area contributed by atoms with Crippen LogP contribution >= 0.6 is 0 Å². The molecule has 230 valence electrons. The van der Waals surface area contributed by atoms with Crippen molar-refractivity contribution in [1.29, 1.82) is 0 Å². The number of aromatic nitrogens is 3. The van der Waals surface area contributed by atoms with Crippen LogP contribution in [0, 0.1) is 12.1 Å². The number of nitrogens with zero attached hydrogens (tertiary/aromatic N) is 3. The first kappa shape index (κ1) is 31.5. The predicted octanol–water partition coefficient (Wildman–Crippen LogP) is 10.3. The molecule has 0 aliphatic rings. The van der Waals surface area contributed by atoms with E-state index in [-0.39, 0.29) is 31.9 Å². The van der Waals surface area contributed by atoms with Gasteiger partial charge in [-0.25, -0.2) is 4.98 Å². The van der Waals surface area contributed by atoms with Crippen LogP contribution in [0.2, 0.25) is 0 Å². The minimum atomic E-state index is -0.169. The van der Waals surface area contributed by atoms with Gasteiger partial charge in [-0.05, 0) is 57.5 Å². The smallest absolute Gasteiger partial charge is 0.503 e. The van der Waals surface area contributed by atoms with Gasteiger partial charge in [0.25, 0.3) is 0 Å². The summed E-state index contributed by atoms with van der Waals surface area (Å²) in [4.78, 5) is 9.48. The van der Waals surface area contributed by atoms with Crippen molar-refractivity contribution in [3.63, 3.8) is 0 Å². The van der Waals surface area contributed by atoms with E-state index in [1.165, 1.54) is 16.7 Å². The Balaban J connectivity index is 0.00000372. The third kappa shape index (κ3) is 5.90. The van der Waals surface area contributed by atoms with Crippen LogP contribution in [0.1, 0.15) is 51.3 Å². The number of ether oxygens (including phenoxy) is 1. The Bertz CT molecular complexity index is 2160. The Kier molecular flexibility index (Phi) is 8.44. The van der Waals surface area contributed by atoms with Crippen LogP contribution in [0.15, 0.2) is 122 Å². The molecule has 0 aliphatic carbocycles. The third-order valence-electron chi connectivity index (χ3n) is 8.64. The Morgan fingerprint density at radius 2 is 1.33 bits per heavy atom. The van der Waals surface area contributed by atoms with E-state index in [0.29, 0.717) is 11.5 Å². The minimum Gasteiger partial charge on any atom is -0.503 e. The van der Waals surface area contributed by atoms with Crippen molar-refractivity contribution in [3.05, 3.63) is 150 Å². The van der Waals surface area contributed by atoms with Crippen LogP contribution < -0.4 is 4.74 Å². The second kappa shape index (κ2) is 12.3. The Hall–Kier alpha value is -4.53. The second-order valence-corrected chi connectivity index (χ2v) is 13.0. The van der Waals surface area contributed by atoms with Crippen LogP contribution in [-0.2, 0) is 31.9 Å². The molecule has 0 saturated heterocycles. The van der Waals surface area contributed by atoms with Crippen molar-refractivity contribution >= 4 is 21.8 Å². The van der Waals surface area contributed by atoms with E-state index in [4.69, 9.17) is 14.7 Å². The van der Waals surface area contributed by atoms with Gasteiger partial charge in [0.05, 0.1) is 0 Å². The van der Waals surface area contributed by atoms with Gasteiger partial charge in [-0.15, -0.1) is 41.3 Å². The topological polar surface area (TPSA) is 39.9 Å². The molecule has 4 nitrogen and oxygen atoms in total. The summed E-state index contributed by atoms with van der Waals surface area (Å²) in [6, 6.07) is 44.5. The molecular weight excluding hydrogens is 746 g/mol. The summed E-state index contributed by atoms with van der Waals surface area (Å²) >= 11 is 0. The van der Waals surface area contributed by atoms with Crippen molar-refractivity contribution in [2.75, 3.05) is 0 Å². The Morgan fingerprint density at radius 1 is 0.609 bits per heavy atom. The van der Waals surface area contributed by atoms with E-state index in [0.717, 1.165) is 38.9 Å². The van der Waals surface area contributed by atoms with Crippen molar-refractivity contribution < 1.29 is 25.8 Å². The number of hydrogen-bond acceptors (Lipinski definition) is 3. The van der Waals surface area contributed by atoms with Crippen LogP contribution in [0.25, 0.3) is 38.9 Å². The quantitative estimate of drug-likeness (QED) is 0.158. The van der Waals surface area contributed by atoms with Gasteiger partial charge < -0.3 is 14.3 Å². The van der Waals surface area contributed by atoms with Crippen LogP contribution in [0.3, 0.4) is 0 Å². The van der Waals surface area contributed by atoms with Crippen LogP contribution in [-0.4, -0.2) is 14.5 Å². The first-order valence-electron chi connectivity index (χ1n) is 15.3. The third-order valence-corrected chi connectivity index (χ3v) is 8.64. The molecule has 7 rings (SSSR count). The molecule has 0 fully saturated rings. The second-order valence-electron chi connectivity index (χ2n) is 13.0. The maximum absolute atomic E-state index is 6.41. The normalized spacial score (nSPS) is 11.8. The molecule has 5 heteroatoms. The SMILES string of the molecule is CC(C)(C)c1ccnc(-n2c3[c-]c(Oc4[c-]c(-c5cc(C(C)(C)c6ccccc6)ccn5)ccc4)ccc3c3ccccc32)c1.[Pt+2]. The molecule has 0 unspecified atom stereocenters. The summed E-state index contributed by atoms with van der Waals surface area (Å²) in [5.41, 5.74) is 7.22. The van der Waals surface area contributed by atoms with Gasteiger partial charge in [0.2, 0.25) is 0 Å². The molecule has 0 saturated carbocycles. The zero-order valence-corrected chi connectivity index (χ0v) is 28.9. The maximum atomic E-state index is 6.41. The maximum Gasteiger partial charge on any atom is 2.00 e. The summed E-state index contributed by atoms with van der Waals surface area (Å²) in [6.07, 6.45) is 3.77. The van der Waals surface area contributed by atoms with Gasteiger partial charge in [-0.1, -0.05) is 101 Å². The summed E-state index contributed by atoms with van der Waals surface area (Å²) in [6.45, 7) is 11.1. The summed E-state index contributed by atoms with van der Waals surface area (Å²) in [5.74, 6) is 2.08. The Morgan fingerprint density at radius 3 is 2.13 bits per heavy atom. The molecule has 3 heterocycles. The fraction of sp³-hybridized carbons (Fsp3) is 0.171. The standard InChI is InChI=1S/C41H35N3O.Pt/c1-40(2,3)30-20-23-43-39(26-30)44-37-17-10-9-16-34(37)35-19-18-33(27-38(35)44)45-32-15-11-12-28(24-32)36-25-31(21-22-42-36)41(4,5)29-13-7-6-8-14-29;/h6-23,25-26H,1-5H3;/q-2;+2. The first-order valence-corrected chi connectivity index (χ1v) is 15.3. The molecule has 0 bridgehead atoms. The number of benzene rings is 4. The van der Waals surface area contributed by atoms with E-state index >= 15 is 0 Å². The first-order chi connectivity index (χ1) is 21.7. The summed E-state index contributed by atoms with van der Waals surface area (Å²) in [5, 5.41) is 2.25.